The van der Waals surface area contributed by atoms with Crippen LogP contribution in [0.2, 0.25) is 0 Å². The highest BCUT2D eigenvalue weighted by Gasteiger charge is 2.19. The number of unbranched alkanes of at least 4 members (excludes halogenated alkanes) is 28. The third-order valence-electron chi connectivity index (χ3n) is 11.0. The minimum absolute atomic E-state index is 0.0644. The fourth-order valence-corrected chi connectivity index (χ4v) is 7.28. The summed E-state index contributed by atoms with van der Waals surface area (Å²) in [5.41, 5.74) is 0. The van der Waals surface area contributed by atoms with Crippen LogP contribution in [0.5, 0.6) is 0 Å². The van der Waals surface area contributed by atoms with Crippen molar-refractivity contribution >= 4 is 17.9 Å². The summed E-state index contributed by atoms with van der Waals surface area (Å²) in [6.07, 6.45) is 40.9. The fraction of sp³-hybridized carbons (Fsp3) is 0.939. The lowest BCUT2D eigenvalue weighted by molar-refractivity contribution is -0.167. The van der Waals surface area contributed by atoms with E-state index in [9.17, 15) is 14.4 Å². The van der Waals surface area contributed by atoms with Crippen LogP contribution in [0.25, 0.3) is 0 Å². The SMILES string of the molecule is CCCCCCCCCCCCCCC(=O)OC[C@H](COC(=O)CCCCCCCCCCCC(C)C)OC(=O)CCCCCCCCCCCCC(C)C. The smallest absolute Gasteiger partial charge is 0.306 e. The van der Waals surface area contributed by atoms with E-state index in [4.69, 9.17) is 14.2 Å². The zero-order valence-corrected chi connectivity index (χ0v) is 37.6. The van der Waals surface area contributed by atoms with Crippen LogP contribution in [0.1, 0.15) is 266 Å². The Labute approximate surface area is 342 Å². The van der Waals surface area contributed by atoms with Crippen LogP contribution in [0, 0.1) is 11.8 Å². The van der Waals surface area contributed by atoms with Gasteiger partial charge < -0.3 is 14.2 Å². The fourth-order valence-electron chi connectivity index (χ4n) is 7.28. The molecule has 0 saturated heterocycles. The predicted molar refractivity (Wildman–Crippen MR) is 233 cm³/mol. The molecule has 0 fully saturated rings. The molecule has 0 aliphatic heterocycles. The predicted octanol–water partition coefficient (Wildman–Crippen LogP) is 15.4. The Morgan fingerprint density at radius 2 is 0.600 bits per heavy atom. The van der Waals surface area contributed by atoms with Gasteiger partial charge in [-0.15, -0.1) is 0 Å². The Bertz CT molecular complexity index is 839. The molecule has 0 heterocycles. The van der Waals surface area contributed by atoms with E-state index in [0.717, 1.165) is 69.6 Å². The zero-order chi connectivity index (χ0) is 40.5. The molecule has 0 unspecified atom stereocenters. The molecule has 0 saturated carbocycles. The van der Waals surface area contributed by atoms with E-state index in [2.05, 4.69) is 34.6 Å². The van der Waals surface area contributed by atoms with Gasteiger partial charge in [0.25, 0.3) is 0 Å². The van der Waals surface area contributed by atoms with Crippen molar-refractivity contribution < 1.29 is 28.6 Å². The highest BCUT2D eigenvalue weighted by molar-refractivity contribution is 5.71. The number of carbonyl (C=O) groups is 3. The Kier molecular flexibility index (Phi) is 40.8. The first-order valence-corrected chi connectivity index (χ1v) is 24.2. The normalized spacial score (nSPS) is 12.1. The molecule has 0 N–H and O–H groups in total. The maximum absolute atomic E-state index is 12.7. The van der Waals surface area contributed by atoms with Crippen molar-refractivity contribution in [2.45, 2.75) is 272 Å². The Morgan fingerprint density at radius 1 is 0.345 bits per heavy atom. The summed E-state index contributed by atoms with van der Waals surface area (Å²) < 4.78 is 16.8. The summed E-state index contributed by atoms with van der Waals surface area (Å²) >= 11 is 0. The van der Waals surface area contributed by atoms with Crippen LogP contribution >= 0.6 is 0 Å². The van der Waals surface area contributed by atoms with E-state index in [1.54, 1.807) is 0 Å². The average molecular weight is 779 g/mol. The van der Waals surface area contributed by atoms with Gasteiger partial charge >= 0.3 is 17.9 Å². The average Bonchev–Trinajstić information content (AvgIpc) is 3.15. The van der Waals surface area contributed by atoms with Gasteiger partial charge in [-0.1, -0.05) is 227 Å². The number of hydrogen-bond donors (Lipinski definition) is 0. The summed E-state index contributed by atoms with van der Waals surface area (Å²) in [5, 5.41) is 0. The molecule has 0 aromatic carbocycles. The summed E-state index contributed by atoms with van der Waals surface area (Å²) in [4.78, 5) is 37.8. The second-order valence-electron chi connectivity index (χ2n) is 17.7. The first-order valence-electron chi connectivity index (χ1n) is 24.2. The van der Waals surface area contributed by atoms with Gasteiger partial charge in [0.1, 0.15) is 13.2 Å². The van der Waals surface area contributed by atoms with Gasteiger partial charge in [-0.2, -0.15) is 0 Å². The lowest BCUT2D eigenvalue weighted by Crippen LogP contribution is -2.30. The molecule has 0 bridgehead atoms. The molecule has 6 heteroatoms. The topological polar surface area (TPSA) is 78.9 Å². The van der Waals surface area contributed by atoms with Crippen molar-refractivity contribution in [2.24, 2.45) is 11.8 Å². The molecular formula is C49H94O6. The highest BCUT2D eigenvalue weighted by Crippen LogP contribution is 2.17. The molecule has 0 amide bonds. The van der Waals surface area contributed by atoms with Gasteiger partial charge in [-0.25, -0.2) is 0 Å². The lowest BCUT2D eigenvalue weighted by atomic mass is 10.0. The molecule has 0 radical (unpaired) electrons. The third kappa shape index (κ3) is 43.4. The van der Waals surface area contributed by atoms with E-state index in [0.29, 0.717) is 19.3 Å². The molecule has 0 aliphatic rings. The van der Waals surface area contributed by atoms with Gasteiger partial charge in [-0.05, 0) is 31.1 Å². The van der Waals surface area contributed by atoms with Gasteiger partial charge in [-0.3, -0.25) is 14.4 Å². The van der Waals surface area contributed by atoms with Crippen LogP contribution in [0.15, 0.2) is 0 Å². The molecule has 0 aromatic rings. The van der Waals surface area contributed by atoms with Gasteiger partial charge in [0.15, 0.2) is 6.10 Å². The highest BCUT2D eigenvalue weighted by atomic mass is 16.6. The van der Waals surface area contributed by atoms with Crippen LogP contribution in [0.4, 0.5) is 0 Å². The molecule has 1 atom stereocenters. The van der Waals surface area contributed by atoms with Gasteiger partial charge in [0.2, 0.25) is 0 Å². The van der Waals surface area contributed by atoms with Gasteiger partial charge in [0, 0.05) is 19.3 Å². The summed E-state index contributed by atoms with van der Waals surface area (Å²) in [6.45, 7) is 11.3. The Hall–Kier alpha value is -1.59. The minimum atomic E-state index is -0.761. The molecule has 0 aliphatic carbocycles. The molecule has 55 heavy (non-hydrogen) atoms. The summed E-state index contributed by atoms with van der Waals surface area (Å²) in [7, 11) is 0. The molecule has 0 aromatic heterocycles. The monoisotopic (exact) mass is 779 g/mol. The molecule has 6 nitrogen and oxygen atoms in total. The molecular weight excluding hydrogens is 685 g/mol. The van der Waals surface area contributed by atoms with Crippen LogP contribution < -0.4 is 0 Å². The van der Waals surface area contributed by atoms with Crippen LogP contribution in [-0.2, 0) is 28.6 Å². The quantitative estimate of drug-likeness (QED) is 0.0348. The van der Waals surface area contributed by atoms with Crippen molar-refractivity contribution in [1.29, 1.82) is 0 Å². The van der Waals surface area contributed by atoms with E-state index in [-0.39, 0.29) is 31.1 Å². The van der Waals surface area contributed by atoms with Crippen LogP contribution in [-0.4, -0.2) is 37.2 Å². The first-order chi connectivity index (χ1) is 26.7. The maximum atomic E-state index is 12.7. The van der Waals surface area contributed by atoms with Crippen molar-refractivity contribution in [3.05, 3.63) is 0 Å². The second kappa shape index (κ2) is 42.0. The summed E-state index contributed by atoms with van der Waals surface area (Å²) in [5.74, 6) is 0.771. The van der Waals surface area contributed by atoms with E-state index in [1.807, 2.05) is 0 Å². The standard InChI is InChI=1S/C49H94O6/c1-6-7-8-9-10-11-12-13-19-24-29-34-39-47(50)53-42-46(43-54-48(51)40-35-30-25-21-16-18-23-28-33-38-45(4)5)55-49(52)41-36-31-26-20-15-14-17-22-27-32-37-44(2)3/h44-46H,6-43H2,1-5H3/t46-/m1/s1. The van der Waals surface area contributed by atoms with E-state index in [1.165, 1.54) is 154 Å². The number of rotatable bonds is 43. The second-order valence-corrected chi connectivity index (χ2v) is 17.7. The number of carbonyl (C=O) groups excluding carboxylic acids is 3. The lowest BCUT2D eigenvalue weighted by Gasteiger charge is -2.18. The molecule has 0 spiro atoms. The largest absolute Gasteiger partial charge is 0.462 e. The van der Waals surface area contributed by atoms with Crippen molar-refractivity contribution in [3.8, 4) is 0 Å². The first kappa shape index (κ1) is 53.4. The van der Waals surface area contributed by atoms with Crippen molar-refractivity contribution in [3.63, 3.8) is 0 Å². The number of ether oxygens (including phenoxy) is 3. The minimum Gasteiger partial charge on any atom is -0.462 e. The number of esters is 3. The summed E-state index contributed by atoms with van der Waals surface area (Å²) in [6, 6.07) is 0. The Morgan fingerprint density at radius 3 is 0.891 bits per heavy atom. The van der Waals surface area contributed by atoms with Crippen molar-refractivity contribution in [1.82, 2.24) is 0 Å². The van der Waals surface area contributed by atoms with E-state index < -0.39 is 6.10 Å². The van der Waals surface area contributed by atoms with Gasteiger partial charge in [0.05, 0.1) is 0 Å². The molecule has 0 rings (SSSR count). The zero-order valence-electron chi connectivity index (χ0n) is 37.6. The third-order valence-corrected chi connectivity index (χ3v) is 11.0. The molecule has 326 valence electrons. The van der Waals surface area contributed by atoms with E-state index >= 15 is 0 Å². The Balaban J connectivity index is 4.34. The van der Waals surface area contributed by atoms with Crippen molar-refractivity contribution in [2.75, 3.05) is 13.2 Å². The van der Waals surface area contributed by atoms with Crippen LogP contribution in [0.3, 0.4) is 0 Å². The number of hydrogen-bond acceptors (Lipinski definition) is 6. The maximum Gasteiger partial charge on any atom is 0.306 e.